The van der Waals surface area contributed by atoms with E-state index in [0.29, 0.717) is 36.2 Å². The molecule has 0 aliphatic heterocycles. The first kappa shape index (κ1) is 19.1. The molecule has 4 nitrogen and oxygen atoms in total. The number of benzene rings is 1. The van der Waals surface area contributed by atoms with Gasteiger partial charge in [-0.1, -0.05) is 24.3 Å². The van der Waals surface area contributed by atoms with Crippen LogP contribution in [0.5, 0.6) is 11.5 Å². The highest BCUT2D eigenvalue weighted by molar-refractivity contribution is 6.32. The molecule has 1 aromatic carbocycles. The summed E-state index contributed by atoms with van der Waals surface area (Å²) in [7, 11) is 1.57. The van der Waals surface area contributed by atoms with Gasteiger partial charge in [0, 0.05) is 13.1 Å². The van der Waals surface area contributed by atoms with E-state index >= 15 is 0 Å². The van der Waals surface area contributed by atoms with Crippen molar-refractivity contribution >= 4 is 24.0 Å². The van der Waals surface area contributed by atoms with Gasteiger partial charge in [-0.05, 0) is 24.6 Å². The molecule has 0 saturated carbocycles. The Morgan fingerprint density at radius 1 is 1.50 bits per heavy atom. The molecule has 114 valence electrons. The summed E-state index contributed by atoms with van der Waals surface area (Å²) in [6.07, 6.45) is 1.26. The normalized spacial score (nSPS) is 11.4. The van der Waals surface area contributed by atoms with Gasteiger partial charge in [-0.3, -0.25) is 0 Å². The number of aliphatic hydroxyl groups excluding tert-OH is 1. The smallest absolute Gasteiger partial charge is 0.180 e. The molecule has 1 aromatic rings. The molecule has 0 aromatic heterocycles. The van der Waals surface area contributed by atoms with Crippen molar-refractivity contribution in [3.05, 3.63) is 35.4 Å². The Morgan fingerprint density at radius 3 is 2.75 bits per heavy atom. The van der Waals surface area contributed by atoms with Gasteiger partial charge in [0.1, 0.15) is 6.61 Å². The Kier molecular flexibility index (Phi) is 9.42. The van der Waals surface area contributed by atoms with Gasteiger partial charge in [-0.25, -0.2) is 0 Å². The third kappa shape index (κ3) is 6.01. The first-order chi connectivity index (χ1) is 9.08. The SMILES string of the molecule is C=CCOc1c(Cl)cc(CNCC(C)O)cc1OC.Cl. The molecule has 0 heterocycles. The van der Waals surface area contributed by atoms with E-state index in [0.717, 1.165) is 5.56 Å². The van der Waals surface area contributed by atoms with Gasteiger partial charge in [-0.2, -0.15) is 0 Å². The molecule has 1 atom stereocenters. The van der Waals surface area contributed by atoms with Gasteiger partial charge in [0.25, 0.3) is 0 Å². The van der Waals surface area contributed by atoms with Crippen molar-refractivity contribution in [3.63, 3.8) is 0 Å². The lowest BCUT2D eigenvalue weighted by atomic mass is 10.2. The second-order valence-electron chi connectivity index (χ2n) is 4.19. The minimum atomic E-state index is -0.382. The highest BCUT2D eigenvalue weighted by Crippen LogP contribution is 2.36. The van der Waals surface area contributed by atoms with Crippen molar-refractivity contribution < 1.29 is 14.6 Å². The number of rotatable bonds is 8. The predicted octanol–water partition coefficient (Wildman–Crippen LogP) is 2.81. The number of ether oxygens (including phenoxy) is 2. The van der Waals surface area contributed by atoms with E-state index in [1.165, 1.54) is 0 Å². The average molecular weight is 322 g/mol. The number of halogens is 2. The van der Waals surface area contributed by atoms with Gasteiger partial charge in [0.15, 0.2) is 11.5 Å². The van der Waals surface area contributed by atoms with Gasteiger partial charge in [0.05, 0.1) is 18.2 Å². The Labute approximate surface area is 131 Å². The second kappa shape index (κ2) is 9.88. The number of methoxy groups -OCH3 is 1. The molecule has 0 radical (unpaired) electrons. The predicted molar refractivity (Wildman–Crippen MR) is 84.3 cm³/mol. The highest BCUT2D eigenvalue weighted by Gasteiger charge is 2.11. The fourth-order valence-electron chi connectivity index (χ4n) is 1.58. The van der Waals surface area contributed by atoms with E-state index in [4.69, 9.17) is 21.1 Å². The fraction of sp³-hybridized carbons (Fsp3) is 0.429. The van der Waals surface area contributed by atoms with Gasteiger partial charge in [-0.15, -0.1) is 12.4 Å². The van der Waals surface area contributed by atoms with Crippen molar-refractivity contribution in [2.45, 2.75) is 19.6 Å². The van der Waals surface area contributed by atoms with E-state index in [2.05, 4.69) is 11.9 Å². The number of hydrogen-bond acceptors (Lipinski definition) is 4. The molecule has 6 heteroatoms. The Morgan fingerprint density at radius 2 is 2.20 bits per heavy atom. The monoisotopic (exact) mass is 321 g/mol. The topological polar surface area (TPSA) is 50.7 Å². The average Bonchev–Trinajstić information content (AvgIpc) is 2.36. The summed E-state index contributed by atoms with van der Waals surface area (Å²) in [6.45, 7) is 6.81. The Bertz CT molecular complexity index is 425. The maximum absolute atomic E-state index is 9.18. The first-order valence-electron chi connectivity index (χ1n) is 6.07. The summed E-state index contributed by atoms with van der Waals surface area (Å²) < 4.78 is 10.7. The van der Waals surface area contributed by atoms with Crippen LogP contribution in [0.3, 0.4) is 0 Å². The maximum Gasteiger partial charge on any atom is 0.180 e. The number of aliphatic hydroxyl groups is 1. The number of hydrogen-bond donors (Lipinski definition) is 2. The molecule has 20 heavy (non-hydrogen) atoms. The van der Waals surface area contributed by atoms with E-state index in [-0.39, 0.29) is 18.5 Å². The molecule has 0 spiro atoms. The molecule has 2 N–H and O–H groups in total. The first-order valence-corrected chi connectivity index (χ1v) is 6.45. The third-order valence-electron chi connectivity index (χ3n) is 2.40. The van der Waals surface area contributed by atoms with Crippen molar-refractivity contribution in [1.29, 1.82) is 0 Å². The van der Waals surface area contributed by atoms with E-state index < -0.39 is 0 Å². The van der Waals surface area contributed by atoms with Gasteiger partial charge < -0.3 is 19.9 Å². The Balaban J connectivity index is 0.00000361. The van der Waals surface area contributed by atoms with Crippen LogP contribution in [0.25, 0.3) is 0 Å². The lowest BCUT2D eigenvalue weighted by molar-refractivity contribution is 0.191. The van der Waals surface area contributed by atoms with Gasteiger partial charge >= 0.3 is 0 Å². The van der Waals surface area contributed by atoms with Crippen molar-refractivity contribution in [1.82, 2.24) is 5.32 Å². The molecule has 1 rings (SSSR count). The summed E-state index contributed by atoms with van der Waals surface area (Å²) in [4.78, 5) is 0. The minimum absolute atomic E-state index is 0. The lowest BCUT2D eigenvalue weighted by Crippen LogP contribution is -2.23. The fourth-order valence-corrected chi connectivity index (χ4v) is 1.87. The van der Waals surface area contributed by atoms with Crippen molar-refractivity contribution in [3.8, 4) is 11.5 Å². The maximum atomic E-state index is 9.18. The molecule has 0 aliphatic carbocycles. The molecule has 0 fully saturated rings. The summed E-state index contributed by atoms with van der Waals surface area (Å²) in [5.41, 5.74) is 0.966. The van der Waals surface area contributed by atoms with Crippen molar-refractivity contribution in [2.75, 3.05) is 20.3 Å². The zero-order valence-corrected chi connectivity index (χ0v) is 13.3. The van der Waals surface area contributed by atoms with Crippen LogP contribution < -0.4 is 14.8 Å². The summed E-state index contributed by atoms with van der Waals surface area (Å²) in [5.74, 6) is 1.10. The largest absolute Gasteiger partial charge is 0.493 e. The zero-order chi connectivity index (χ0) is 14.3. The molecular formula is C14H21Cl2NO3. The van der Waals surface area contributed by atoms with Crippen LogP contribution in [0.1, 0.15) is 12.5 Å². The molecule has 0 amide bonds. The summed E-state index contributed by atoms with van der Waals surface area (Å²) in [6, 6.07) is 3.68. The molecule has 0 saturated heterocycles. The molecular weight excluding hydrogens is 301 g/mol. The van der Waals surface area contributed by atoms with Crippen LogP contribution >= 0.6 is 24.0 Å². The van der Waals surface area contributed by atoms with E-state index in [1.807, 2.05) is 12.1 Å². The number of nitrogens with one attached hydrogen (secondary N) is 1. The van der Waals surface area contributed by atoms with E-state index in [9.17, 15) is 5.11 Å². The Hall–Kier alpha value is -0.940. The standard InChI is InChI=1S/C14H20ClNO3.ClH/c1-4-5-19-14-12(15)6-11(7-13(14)18-3)9-16-8-10(2)17;/h4,6-7,10,16-17H,1,5,8-9H2,2-3H3;1H. The minimum Gasteiger partial charge on any atom is -0.493 e. The molecule has 1 unspecified atom stereocenters. The van der Waals surface area contributed by atoms with Crippen LogP contribution in [0.15, 0.2) is 24.8 Å². The zero-order valence-electron chi connectivity index (χ0n) is 11.7. The third-order valence-corrected chi connectivity index (χ3v) is 2.68. The van der Waals surface area contributed by atoms with Crippen molar-refractivity contribution in [2.24, 2.45) is 0 Å². The quantitative estimate of drug-likeness (QED) is 0.723. The molecule has 0 aliphatic rings. The van der Waals surface area contributed by atoms with Crippen LogP contribution in [0.2, 0.25) is 5.02 Å². The van der Waals surface area contributed by atoms with Crippen LogP contribution in [0.4, 0.5) is 0 Å². The van der Waals surface area contributed by atoms with Crippen LogP contribution in [-0.2, 0) is 6.54 Å². The van der Waals surface area contributed by atoms with Crippen LogP contribution in [-0.4, -0.2) is 31.5 Å². The van der Waals surface area contributed by atoms with E-state index in [1.54, 1.807) is 20.1 Å². The van der Waals surface area contributed by atoms with Gasteiger partial charge in [0.2, 0.25) is 0 Å². The summed E-state index contributed by atoms with van der Waals surface area (Å²) >= 11 is 6.17. The lowest BCUT2D eigenvalue weighted by Gasteiger charge is -2.14. The highest BCUT2D eigenvalue weighted by atomic mass is 35.5. The second-order valence-corrected chi connectivity index (χ2v) is 4.60. The van der Waals surface area contributed by atoms with Crippen LogP contribution in [0, 0.1) is 0 Å². The summed E-state index contributed by atoms with van der Waals surface area (Å²) in [5, 5.41) is 12.8. The molecule has 0 bridgehead atoms.